The van der Waals surface area contributed by atoms with Crippen LogP contribution in [0.3, 0.4) is 0 Å². The first-order valence-electron chi connectivity index (χ1n) is 15.5. The number of carbonyl (C=O) groups excluding carboxylic acids is 1. The zero-order chi connectivity index (χ0) is 32.2. The number of benzene rings is 1. The molecule has 1 atom stereocenters. The van der Waals surface area contributed by atoms with E-state index >= 15 is 0 Å². The van der Waals surface area contributed by atoms with Gasteiger partial charge in [0, 0.05) is 43.4 Å². The van der Waals surface area contributed by atoms with Crippen molar-refractivity contribution in [1.82, 2.24) is 19.7 Å². The summed E-state index contributed by atoms with van der Waals surface area (Å²) in [4.78, 5) is 29.2. The Balaban J connectivity index is 1.29. The Labute approximate surface area is 264 Å². The summed E-state index contributed by atoms with van der Waals surface area (Å²) in [6.07, 6.45) is 6.17. The van der Waals surface area contributed by atoms with E-state index in [0.29, 0.717) is 18.2 Å². The molecule has 3 aromatic rings. The maximum absolute atomic E-state index is 13.4. The number of hydrogen-bond donors (Lipinski definition) is 3. The maximum atomic E-state index is 13.4. The van der Waals surface area contributed by atoms with E-state index in [1.54, 1.807) is 20.8 Å². The van der Waals surface area contributed by atoms with Gasteiger partial charge in [0.25, 0.3) is 0 Å². The number of halogens is 1. The predicted octanol–water partition coefficient (Wildman–Crippen LogP) is 4.42. The molecule has 11 nitrogen and oxygen atoms in total. The number of esters is 1. The predicted molar refractivity (Wildman–Crippen MR) is 171 cm³/mol. The first kappa shape index (κ1) is 32.6. The normalized spacial score (nSPS) is 16.4. The van der Waals surface area contributed by atoms with Crippen molar-refractivity contribution < 1.29 is 22.3 Å². The molecule has 0 radical (unpaired) electrons. The van der Waals surface area contributed by atoms with E-state index in [1.807, 2.05) is 6.92 Å². The number of aromatic nitrogens is 3. The number of piperidine rings is 1. The van der Waals surface area contributed by atoms with Crippen LogP contribution < -0.4 is 20.3 Å². The van der Waals surface area contributed by atoms with Crippen molar-refractivity contribution in [2.24, 2.45) is 0 Å². The second-order valence-corrected chi connectivity index (χ2v) is 14.2. The van der Waals surface area contributed by atoms with Gasteiger partial charge in [0.05, 0.1) is 4.90 Å². The summed E-state index contributed by atoms with van der Waals surface area (Å²) in [7, 11) is -4.16. The molecule has 1 saturated heterocycles. The number of sulfonamides is 1. The smallest absolute Gasteiger partial charge is 0.326 e. The average molecular weight is 640 g/mol. The highest BCUT2D eigenvalue weighted by Gasteiger charge is 2.31. The van der Waals surface area contributed by atoms with Crippen molar-refractivity contribution in [3.8, 4) is 0 Å². The van der Waals surface area contributed by atoms with Crippen LogP contribution in [0, 0.1) is 5.82 Å². The van der Waals surface area contributed by atoms with Crippen LogP contribution in [0.15, 0.2) is 47.6 Å². The molecule has 1 aromatic carbocycles. The van der Waals surface area contributed by atoms with Gasteiger partial charge in [-0.25, -0.2) is 27.8 Å². The number of carbonyl (C=O) groups is 1. The van der Waals surface area contributed by atoms with Gasteiger partial charge in [0.2, 0.25) is 10.0 Å². The highest BCUT2D eigenvalue weighted by molar-refractivity contribution is 7.89. The van der Waals surface area contributed by atoms with Gasteiger partial charge < -0.3 is 20.3 Å². The molecule has 2 aliphatic heterocycles. The molecule has 5 rings (SSSR count). The number of nitrogens with zero attached hydrogens (tertiary/aromatic N) is 4. The monoisotopic (exact) mass is 639 g/mol. The molecule has 0 unspecified atom stereocenters. The summed E-state index contributed by atoms with van der Waals surface area (Å²) in [5.74, 6) is 1.40. The first-order chi connectivity index (χ1) is 21.4. The van der Waals surface area contributed by atoms with Gasteiger partial charge in [-0.15, -0.1) is 0 Å². The Morgan fingerprint density at radius 2 is 1.87 bits per heavy atom. The number of ether oxygens (including phenoxy) is 1. The highest BCUT2D eigenvalue weighted by Crippen LogP contribution is 2.33. The van der Waals surface area contributed by atoms with E-state index in [2.05, 4.69) is 42.4 Å². The molecule has 1 fully saturated rings. The molecule has 3 N–H and O–H groups in total. The van der Waals surface area contributed by atoms with Gasteiger partial charge in [0.15, 0.2) is 0 Å². The van der Waals surface area contributed by atoms with Crippen molar-refractivity contribution in [3.63, 3.8) is 0 Å². The topological polar surface area (TPSA) is 138 Å². The molecule has 0 saturated carbocycles. The van der Waals surface area contributed by atoms with Gasteiger partial charge in [-0.05, 0) is 88.8 Å². The van der Waals surface area contributed by atoms with Gasteiger partial charge in [-0.1, -0.05) is 13.0 Å². The maximum Gasteiger partial charge on any atom is 0.326 e. The van der Waals surface area contributed by atoms with Crippen LogP contribution in [0.4, 0.5) is 21.8 Å². The highest BCUT2D eigenvalue weighted by atomic mass is 32.2. The van der Waals surface area contributed by atoms with Crippen molar-refractivity contribution in [2.75, 3.05) is 41.7 Å². The third-order valence-corrected chi connectivity index (χ3v) is 9.48. The third-order valence-electron chi connectivity index (χ3n) is 7.99. The van der Waals surface area contributed by atoms with Gasteiger partial charge in [-0.3, -0.25) is 4.79 Å². The van der Waals surface area contributed by atoms with Crippen molar-refractivity contribution >= 4 is 33.4 Å². The number of pyridine rings is 1. The third kappa shape index (κ3) is 8.06. The van der Waals surface area contributed by atoms with Crippen LogP contribution in [0.1, 0.15) is 69.7 Å². The van der Waals surface area contributed by atoms with Crippen molar-refractivity contribution in [3.05, 3.63) is 65.4 Å². The SMILES string of the molecule is CCc1c(NC[C@H](NS(=O)(=O)c2ccc(F)cc2)C(=O)OC(C)(C)C)ncnc1N1CCC(c2ccc3c(n2)NCCC3)CC1. The van der Waals surface area contributed by atoms with Crippen LogP contribution in [0.25, 0.3) is 0 Å². The van der Waals surface area contributed by atoms with E-state index in [4.69, 9.17) is 9.72 Å². The summed E-state index contributed by atoms with van der Waals surface area (Å²) < 4.78 is 47.6. The standard InChI is InChI=1S/C32H42FN7O4S/c1-5-25-29(35-19-27(31(41)44-32(2,3)4)39-45(42,43)24-11-9-23(33)10-12-24)36-20-37-30(25)40-17-14-21(15-18-40)26-13-8-22-7-6-16-34-28(22)38-26/h8-13,20-21,27,39H,5-7,14-19H2,1-4H3,(H,34,38)(H,35,36,37)/t27-/m0/s1. The minimum atomic E-state index is -4.16. The molecule has 0 spiro atoms. The quantitative estimate of drug-likeness (QED) is 0.274. The zero-order valence-corrected chi connectivity index (χ0v) is 27.1. The Hall–Kier alpha value is -3.84. The van der Waals surface area contributed by atoms with Gasteiger partial charge >= 0.3 is 5.97 Å². The van der Waals surface area contributed by atoms with Crippen molar-refractivity contribution in [2.45, 2.75) is 82.3 Å². The Morgan fingerprint density at radius 1 is 1.13 bits per heavy atom. The van der Waals surface area contributed by atoms with Gasteiger partial charge in [-0.2, -0.15) is 4.72 Å². The number of fused-ring (bicyclic) bond motifs is 1. The van der Waals surface area contributed by atoms with Gasteiger partial charge in [0.1, 0.15) is 41.2 Å². The second kappa shape index (κ2) is 13.7. The van der Waals surface area contributed by atoms with Crippen LogP contribution >= 0.6 is 0 Å². The van der Waals surface area contributed by atoms with E-state index in [-0.39, 0.29) is 11.4 Å². The molecular weight excluding hydrogens is 597 g/mol. The fourth-order valence-electron chi connectivity index (χ4n) is 5.73. The second-order valence-electron chi connectivity index (χ2n) is 12.5. The lowest BCUT2D eigenvalue weighted by molar-refractivity contribution is -0.156. The lowest BCUT2D eigenvalue weighted by atomic mass is 9.92. The molecule has 0 bridgehead atoms. The summed E-state index contributed by atoms with van der Waals surface area (Å²) in [5, 5.41) is 6.61. The Bertz CT molecular complexity index is 1600. The lowest BCUT2D eigenvalue weighted by Gasteiger charge is -2.34. The Morgan fingerprint density at radius 3 is 2.56 bits per heavy atom. The molecule has 2 aliphatic rings. The summed E-state index contributed by atoms with van der Waals surface area (Å²) in [6.45, 7) is 9.57. The molecule has 242 valence electrons. The molecule has 2 aromatic heterocycles. The molecule has 4 heterocycles. The molecule has 45 heavy (non-hydrogen) atoms. The van der Waals surface area contributed by atoms with Crippen LogP contribution in [0.2, 0.25) is 0 Å². The number of aryl methyl sites for hydroxylation is 1. The fourth-order valence-corrected chi connectivity index (χ4v) is 6.91. The summed E-state index contributed by atoms with van der Waals surface area (Å²) in [6, 6.07) is 7.48. The molecule has 13 heteroatoms. The molecular formula is C32H42FN7O4S. The largest absolute Gasteiger partial charge is 0.459 e. The number of hydrogen-bond acceptors (Lipinski definition) is 10. The van der Waals surface area contributed by atoms with Crippen LogP contribution in [0.5, 0.6) is 0 Å². The number of nitrogens with one attached hydrogen (secondary N) is 3. The van der Waals surface area contributed by atoms with E-state index in [9.17, 15) is 17.6 Å². The van der Waals surface area contributed by atoms with Crippen LogP contribution in [-0.4, -0.2) is 67.2 Å². The number of anilines is 3. The molecule has 0 amide bonds. The van der Waals surface area contributed by atoms with Crippen molar-refractivity contribution in [1.29, 1.82) is 0 Å². The number of rotatable bonds is 10. The lowest BCUT2D eigenvalue weighted by Crippen LogP contribution is -2.48. The minimum Gasteiger partial charge on any atom is -0.459 e. The van der Waals surface area contributed by atoms with E-state index in [0.717, 1.165) is 92.5 Å². The summed E-state index contributed by atoms with van der Waals surface area (Å²) in [5.41, 5.74) is 2.44. The zero-order valence-electron chi connectivity index (χ0n) is 26.3. The first-order valence-corrected chi connectivity index (χ1v) is 17.0. The van der Waals surface area contributed by atoms with E-state index < -0.39 is 33.5 Å². The summed E-state index contributed by atoms with van der Waals surface area (Å²) >= 11 is 0. The average Bonchev–Trinajstić information content (AvgIpc) is 3.02. The minimum absolute atomic E-state index is 0.126. The van der Waals surface area contributed by atoms with E-state index in [1.165, 1.54) is 11.9 Å². The Kier molecular flexibility index (Phi) is 9.88. The molecule has 0 aliphatic carbocycles. The van der Waals surface area contributed by atoms with Crippen LogP contribution in [-0.2, 0) is 32.4 Å². The fraction of sp³-hybridized carbons (Fsp3) is 0.500.